The van der Waals surface area contributed by atoms with E-state index in [0.29, 0.717) is 38.8 Å². The second-order valence-corrected chi connectivity index (χ2v) is 6.17. The number of nitrogens with zero attached hydrogens (tertiary/aromatic N) is 1. The van der Waals surface area contributed by atoms with Gasteiger partial charge in [0.2, 0.25) is 5.91 Å². The van der Waals surface area contributed by atoms with Crippen molar-refractivity contribution in [2.45, 2.75) is 39.0 Å². The first-order valence-corrected chi connectivity index (χ1v) is 8.39. The van der Waals surface area contributed by atoms with E-state index in [1.54, 1.807) is 0 Å². The normalized spacial score (nSPS) is 19.0. The smallest absolute Gasteiger partial charge is 0.222 e. The number of morpholine rings is 1. The molecule has 5 nitrogen and oxygen atoms in total. The van der Waals surface area contributed by atoms with Gasteiger partial charge in [0.05, 0.1) is 32.3 Å². The summed E-state index contributed by atoms with van der Waals surface area (Å²) in [5.41, 5.74) is 1.14. The summed E-state index contributed by atoms with van der Waals surface area (Å²) in [6.07, 6.45) is 0.415. The average Bonchev–Trinajstić information content (AvgIpc) is 2.55. The highest BCUT2D eigenvalue weighted by Gasteiger charge is 2.24. The minimum Gasteiger partial charge on any atom is -0.375 e. The van der Waals surface area contributed by atoms with Gasteiger partial charge in [-0.1, -0.05) is 30.3 Å². The topological polar surface area (TPSA) is 50.8 Å². The van der Waals surface area contributed by atoms with Crippen LogP contribution in [0.3, 0.4) is 0 Å². The van der Waals surface area contributed by atoms with Crippen LogP contribution in [0.4, 0.5) is 0 Å². The molecule has 0 saturated carbocycles. The molecule has 0 aromatic heterocycles. The molecule has 1 heterocycles. The zero-order chi connectivity index (χ0) is 16.5. The Morgan fingerprint density at radius 2 is 2.17 bits per heavy atom. The van der Waals surface area contributed by atoms with Crippen molar-refractivity contribution in [3.05, 3.63) is 35.9 Å². The second-order valence-electron chi connectivity index (χ2n) is 6.17. The highest BCUT2D eigenvalue weighted by atomic mass is 16.5. The van der Waals surface area contributed by atoms with Gasteiger partial charge in [-0.05, 0) is 19.4 Å². The molecule has 128 valence electrons. The summed E-state index contributed by atoms with van der Waals surface area (Å²) >= 11 is 0. The van der Waals surface area contributed by atoms with Crippen LogP contribution in [-0.2, 0) is 20.9 Å². The third kappa shape index (κ3) is 6.69. The number of hydrogen-bond donors (Lipinski definition) is 1. The van der Waals surface area contributed by atoms with Gasteiger partial charge in [-0.25, -0.2) is 0 Å². The Morgan fingerprint density at radius 3 is 2.91 bits per heavy atom. The van der Waals surface area contributed by atoms with E-state index in [2.05, 4.69) is 24.1 Å². The summed E-state index contributed by atoms with van der Waals surface area (Å²) in [6.45, 7) is 8.45. The van der Waals surface area contributed by atoms with Crippen molar-refractivity contribution >= 4 is 5.91 Å². The Kier molecular flexibility index (Phi) is 7.52. The van der Waals surface area contributed by atoms with Crippen molar-refractivity contribution in [1.82, 2.24) is 10.2 Å². The molecule has 1 fully saturated rings. The van der Waals surface area contributed by atoms with Crippen LogP contribution in [0.5, 0.6) is 0 Å². The van der Waals surface area contributed by atoms with Crippen molar-refractivity contribution in [1.29, 1.82) is 0 Å². The van der Waals surface area contributed by atoms with Crippen molar-refractivity contribution in [2.75, 3.05) is 32.8 Å². The summed E-state index contributed by atoms with van der Waals surface area (Å²) in [7, 11) is 0. The predicted molar refractivity (Wildman–Crippen MR) is 90.2 cm³/mol. The lowest BCUT2D eigenvalue weighted by Crippen LogP contribution is -2.47. The standard InChI is InChI=1S/C18H28N2O3/c1-15(2)20-9-11-23-17(13-20)12-18(21)19-8-10-22-14-16-6-4-3-5-7-16/h3-7,15,17H,8-14H2,1-2H3,(H,19,21)/t17-/m0/s1. The molecule has 1 aromatic rings. The molecule has 1 saturated heterocycles. The molecule has 0 spiro atoms. The minimum absolute atomic E-state index is 0.00335. The Morgan fingerprint density at radius 1 is 1.39 bits per heavy atom. The van der Waals surface area contributed by atoms with Gasteiger partial charge in [0.25, 0.3) is 0 Å². The van der Waals surface area contributed by atoms with E-state index in [4.69, 9.17) is 9.47 Å². The van der Waals surface area contributed by atoms with E-state index in [1.807, 2.05) is 30.3 Å². The number of benzene rings is 1. The second kappa shape index (κ2) is 9.65. The molecule has 1 N–H and O–H groups in total. The van der Waals surface area contributed by atoms with Crippen LogP contribution in [0.1, 0.15) is 25.8 Å². The van der Waals surface area contributed by atoms with Crippen LogP contribution < -0.4 is 5.32 Å². The summed E-state index contributed by atoms with van der Waals surface area (Å²) in [6, 6.07) is 10.5. The van der Waals surface area contributed by atoms with Gasteiger partial charge in [-0.3, -0.25) is 9.69 Å². The van der Waals surface area contributed by atoms with Gasteiger partial charge in [0, 0.05) is 25.7 Å². The number of ether oxygens (including phenoxy) is 2. The Labute approximate surface area is 139 Å². The summed E-state index contributed by atoms with van der Waals surface area (Å²) in [5, 5.41) is 2.90. The first-order valence-electron chi connectivity index (χ1n) is 8.39. The maximum absolute atomic E-state index is 12.0. The quantitative estimate of drug-likeness (QED) is 0.742. The monoisotopic (exact) mass is 320 g/mol. The fourth-order valence-corrected chi connectivity index (χ4v) is 2.64. The fourth-order valence-electron chi connectivity index (χ4n) is 2.64. The molecule has 0 bridgehead atoms. The first kappa shape index (κ1) is 17.9. The molecule has 1 atom stereocenters. The van der Waals surface area contributed by atoms with Crippen molar-refractivity contribution in [3.63, 3.8) is 0 Å². The van der Waals surface area contributed by atoms with E-state index < -0.39 is 0 Å². The SMILES string of the molecule is CC(C)N1CCO[C@@H](CC(=O)NCCOCc2ccccc2)C1. The lowest BCUT2D eigenvalue weighted by molar-refractivity contribution is -0.126. The van der Waals surface area contributed by atoms with Crippen LogP contribution in [-0.4, -0.2) is 55.8 Å². The van der Waals surface area contributed by atoms with E-state index in [-0.39, 0.29) is 12.0 Å². The summed E-state index contributed by atoms with van der Waals surface area (Å²) in [4.78, 5) is 14.3. The molecule has 1 aliphatic rings. The van der Waals surface area contributed by atoms with Crippen LogP contribution in [0, 0.1) is 0 Å². The third-order valence-corrected chi connectivity index (χ3v) is 3.99. The van der Waals surface area contributed by atoms with Gasteiger partial charge >= 0.3 is 0 Å². The molecule has 0 unspecified atom stereocenters. The van der Waals surface area contributed by atoms with Crippen LogP contribution in [0.2, 0.25) is 0 Å². The minimum atomic E-state index is -0.00335. The molecule has 1 aliphatic heterocycles. The summed E-state index contributed by atoms with van der Waals surface area (Å²) in [5.74, 6) is 0.0314. The molecular formula is C18H28N2O3. The van der Waals surface area contributed by atoms with Crippen molar-refractivity contribution in [3.8, 4) is 0 Å². The van der Waals surface area contributed by atoms with Crippen LogP contribution >= 0.6 is 0 Å². The molecule has 5 heteroatoms. The molecule has 1 amide bonds. The average molecular weight is 320 g/mol. The van der Waals surface area contributed by atoms with Gasteiger partial charge < -0.3 is 14.8 Å². The van der Waals surface area contributed by atoms with Gasteiger partial charge in [0.1, 0.15) is 0 Å². The predicted octanol–water partition coefficient (Wildman–Crippen LogP) is 1.82. The largest absolute Gasteiger partial charge is 0.375 e. The van der Waals surface area contributed by atoms with Crippen molar-refractivity contribution < 1.29 is 14.3 Å². The number of carbonyl (C=O) groups excluding carboxylic acids is 1. The molecule has 1 aromatic carbocycles. The Bertz CT molecular complexity index is 465. The Hall–Kier alpha value is -1.43. The molecule has 0 radical (unpaired) electrons. The third-order valence-electron chi connectivity index (χ3n) is 3.99. The molecular weight excluding hydrogens is 292 g/mol. The molecule has 0 aliphatic carbocycles. The van der Waals surface area contributed by atoms with Gasteiger partial charge in [-0.15, -0.1) is 0 Å². The number of nitrogens with one attached hydrogen (secondary N) is 1. The highest BCUT2D eigenvalue weighted by Crippen LogP contribution is 2.11. The van der Waals surface area contributed by atoms with E-state index in [0.717, 1.165) is 18.7 Å². The van der Waals surface area contributed by atoms with E-state index in [9.17, 15) is 4.79 Å². The van der Waals surface area contributed by atoms with Gasteiger partial charge in [0.15, 0.2) is 0 Å². The van der Waals surface area contributed by atoms with Crippen LogP contribution in [0.15, 0.2) is 30.3 Å². The number of hydrogen-bond acceptors (Lipinski definition) is 4. The maximum Gasteiger partial charge on any atom is 0.222 e. The fraction of sp³-hybridized carbons (Fsp3) is 0.611. The van der Waals surface area contributed by atoms with E-state index in [1.165, 1.54) is 0 Å². The zero-order valence-electron chi connectivity index (χ0n) is 14.2. The molecule has 23 heavy (non-hydrogen) atoms. The number of amides is 1. The van der Waals surface area contributed by atoms with Crippen molar-refractivity contribution in [2.24, 2.45) is 0 Å². The zero-order valence-corrected chi connectivity index (χ0v) is 14.2. The van der Waals surface area contributed by atoms with E-state index >= 15 is 0 Å². The number of carbonyl (C=O) groups is 1. The lowest BCUT2D eigenvalue weighted by Gasteiger charge is -2.35. The maximum atomic E-state index is 12.0. The lowest BCUT2D eigenvalue weighted by atomic mass is 10.1. The molecule has 2 rings (SSSR count). The summed E-state index contributed by atoms with van der Waals surface area (Å²) < 4.78 is 11.2. The van der Waals surface area contributed by atoms with Crippen LogP contribution in [0.25, 0.3) is 0 Å². The number of rotatable bonds is 8. The van der Waals surface area contributed by atoms with Gasteiger partial charge in [-0.2, -0.15) is 0 Å². The first-order chi connectivity index (χ1) is 11.1. The highest BCUT2D eigenvalue weighted by molar-refractivity contribution is 5.76. The Balaban J connectivity index is 1.56.